The maximum absolute atomic E-state index is 11.8. The van der Waals surface area contributed by atoms with Gasteiger partial charge in [0.25, 0.3) is 0 Å². The van der Waals surface area contributed by atoms with Crippen molar-refractivity contribution in [2.24, 2.45) is 5.92 Å². The van der Waals surface area contributed by atoms with Crippen molar-refractivity contribution in [1.82, 2.24) is 0 Å². The predicted molar refractivity (Wildman–Crippen MR) is 76.5 cm³/mol. The smallest absolute Gasteiger partial charge is 0.224 e. The molecule has 1 aliphatic carbocycles. The summed E-state index contributed by atoms with van der Waals surface area (Å²) in [7, 11) is 0. The lowest BCUT2D eigenvalue weighted by atomic mass is 9.83. The first kappa shape index (κ1) is 13.2. The van der Waals surface area contributed by atoms with Crippen LogP contribution in [0.15, 0.2) is 18.2 Å². The van der Waals surface area contributed by atoms with Gasteiger partial charge in [-0.15, -0.1) is 12.4 Å². The summed E-state index contributed by atoms with van der Waals surface area (Å²) in [5.74, 6) is 0.798. The number of hydrogen-bond donors (Lipinski definition) is 2. The number of fused-ring (bicyclic) bond motifs is 1. The third-order valence-corrected chi connectivity index (χ3v) is 3.80. The second-order valence-electron chi connectivity index (χ2n) is 5.10. The molecule has 1 fully saturated rings. The maximum atomic E-state index is 11.8. The fourth-order valence-corrected chi connectivity index (χ4v) is 2.55. The number of carbonyl (C=O) groups excluding carboxylic acids is 1. The van der Waals surface area contributed by atoms with E-state index < -0.39 is 0 Å². The Morgan fingerprint density at radius 3 is 2.94 bits per heavy atom. The van der Waals surface area contributed by atoms with Crippen LogP contribution in [0.5, 0.6) is 0 Å². The third-order valence-electron chi connectivity index (χ3n) is 3.80. The van der Waals surface area contributed by atoms with Gasteiger partial charge in [-0.25, -0.2) is 0 Å². The lowest BCUT2D eigenvalue weighted by Gasteiger charge is -2.24. The summed E-state index contributed by atoms with van der Waals surface area (Å²) in [4.78, 5) is 11.8. The molecule has 1 aromatic carbocycles. The van der Waals surface area contributed by atoms with Gasteiger partial charge in [-0.05, 0) is 48.9 Å². The molecule has 0 aromatic heterocycles. The quantitative estimate of drug-likeness (QED) is 0.882. The summed E-state index contributed by atoms with van der Waals surface area (Å²) in [6, 6.07) is 6.13. The number of nitrogens with one attached hydrogen (secondary N) is 2. The van der Waals surface area contributed by atoms with E-state index in [4.69, 9.17) is 0 Å². The Kier molecular flexibility index (Phi) is 4.12. The largest absolute Gasteiger partial charge is 0.384 e. The van der Waals surface area contributed by atoms with Gasteiger partial charge in [0.05, 0.1) is 0 Å². The van der Waals surface area contributed by atoms with E-state index >= 15 is 0 Å². The van der Waals surface area contributed by atoms with Gasteiger partial charge in [-0.3, -0.25) is 4.79 Å². The molecule has 2 N–H and O–H groups in total. The molecule has 0 radical (unpaired) electrons. The number of carbonyl (C=O) groups is 1. The van der Waals surface area contributed by atoms with E-state index in [0.717, 1.165) is 18.7 Å². The Hall–Kier alpha value is -1.22. The van der Waals surface area contributed by atoms with Crippen molar-refractivity contribution >= 4 is 29.7 Å². The normalized spacial score (nSPS) is 17.1. The molecule has 2 aliphatic rings. The minimum atomic E-state index is 0. The molecule has 98 valence electrons. The van der Waals surface area contributed by atoms with E-state index in [0.29, 0.717) is 12.3 Å². The summed E-state index contributed by atoms with van der Waals surface area (Å²) >= 11 is 0. The number of benzene rings is 1. The average Bonchev–Trinajstić information content (AvgIpc) is 2.71. The Labute approximate surface area is 114 Å². The van der Waals surface area contributed by atoms with Gasteiger partial charge in [-0.1, -0.05) is 6.42 Å². The van der Waals surface area contributed by atoms with Gasteiger partial charge in [0, 0.05) is 24.3 Å². The molecule has 3 nitrogen and oxygen atoms in total. The highest BCUT2D eigenvalue weighted by Crippen LogP contribution is 2.30. The molecule has 3 rings (SSSR count). The number of anilines is 2. The first-order valence-corrected chi connectivity index (χ1v) is 6.48. The predicted octanol–water partition coefficient (Wildman–Crippen LogP) is 3.21. The van der Waals surface area contributed by atoms with Crippen molar-refractivity contribution in [3.63, 3.8) is 0 Å². The van der Waals surface area contributed by atoms with Crippen LogP contribution in [0.4, 0.5) is 11.4 Å². The highest BCUT2D eigenvalue weighted by molar-refractivity contribution is 5.91. The highest BCUT2D eigenvalue weighted by Gasteiger charge is 2.20. The standard InChI is InChI=1S/C14H18N2O.ClH/c17-14(8-10-2-1-3-10)16-12-4-5-13-11(9-12)6-7-15-13;/h4-5,9-10,15H,1-3,6-8H2,(H,16,17);1H. The molecule has 0 atom stereocenters. The molecular weight excluding hydrogens is 248 g/mol. The van der Waals surface area contributed by atoms with Gasteiger partial charge >= 0.3 is 0 Å². The minimum absolute atomic E-state index is 0. The number of amides is 1. The van der Waals surface area contributed by atoms with Crippen molar-refractivity contribution in [3.8, 4) is 0 Å². The molecule has 1 aromatic rings. The summed E-state index contributed by atoms with van der Waals surface area (Å²) in [6.07, 6.45) is 5.49. The second-order valence-corrected chi connectivity index (χ2v) is 5.10. The summed E-state index contributed by atoms with van der Waals surface area (Å²) < 4.78 is 0. The van der Waals surface area contributed by atoms with Crippen LogP contribution < -0.4 is 10.6 Å². The van der Waals surface area contributed by atoms with Crippen LogP contribution in [0.1, 0.15) is 31.2 Å². The molecule has 4 heteroatoms. The summed E-state index contributed by atoms with van der Waals surface area (Å²) in [6.45, 7) is 1.01. The Balaban J connectivity index is 0.00000120. The van der Waals surface area contributed by atoms with Gasteiger partial charge in [0.15, 0.2) is 0 Å². The summed E-state index contributed by atoms with van der Waals surface area (Å²) in [5, 5.41) is 6.32. The molecule has 1 amide bonds. The Bertz CT molecular complexity index is 443. The molecule has 1 heterocycles. The zero-order valence-electron chi connectivity index (χ0n) is 10.4. The monoisotopic (exact) mass is 266 g/mol. The Morgan fingerprint density at radius 1 is 1.39 bits per heavy atom. The van der Waals surface area contributed by atoms with Gasteiger partial charge in [-0.2, -0.15) is 0 Å². The van der Waals surface area contributed by atoms with Crippen LogP contribution in [0.2, 0.25) is 0 Å². The van der Waals surface area contributed by atoms with Crippen molar-refractivity contribution < 1.29 is 4.79 Å². The molecule has 0 unspecified atom stereocenters. The average molecular weight is 267 g/mol. The van der Waals surface area contributed by atoms with Crippen LogP contribution in [0.3, 0.4) is 0 Å². The maximum Gasteiger partial charge on any atom is 0.224 e. The van der Waals surface area contributed by atoms with Crippen molar-refractivity contribution in [1.29, 1.82) is 0 Å². The lowest BCUT2D eigenvalue weighted by Crippen LogP contribution is -2.20. The van der Waals surface area contributed by atoms with Crippen LogP contribution in [0, 0.1) is 5.92 Å². The van der Waals surface area contributed by atoms with Crippen molar-refractivity contribution in [3.05, 3.63) is 23.8 Å². The molecule has 0 saturated heterocycles. The van der Waals surface area contributed by atoms with Crippen molar-refractivity contribution in [2.75, 3.05) is 17.2 Å². The van der Waals surface area contributed by atoms with E-state index in [1.807, 2.05) is 6.07 Å². The Morgan fingerprint density at radius 2 is 2.22 bits per heavy atom. The second kappa shape index (κ2) is 5.61. The van der Waals surface area contributed by atoms with E-state index in [2.05, 4.69) is 22.8 Å². The fraction of sp³-hybridized carbons (Fsp3) is 0.500. The minimum Gasteiger partial charge on any atom is -0.384 e. The molecule has 1 saturated carbocycles. The zero-order valence-corrected chi connectivity index (χ0v) is 11.2. The molecule has 18 heavy (non-hydrogen) atoms. The molecule has 0 spiro atoms. The van der Waals surface area contributed by atoms with Gasteiger partial charge in [0.1, 0.15) is 0 Å². The summed E-state index contributed by atoms with van der Waals surface area (Å²) in [5.41, 5.74) is 3.46. The van der Waals surface area contributed by atoms with Crippen LogP contribution in [-0.2, 0) is 11.2 Å². The lowest BCUT2D eigenvalue weighted by molar-refractivity contribution is -0.117. The van der Waals surface area contributed by atoms with E-state index in [-0.39, 0.29) is 18.3 Å². The van der Waals surface area contributed by atoms with E-state index in [1.165, 1.54) is 30.5 Å². The van der Waals surface area contributed by atoms with Crippen LogP contribution >= 0.6 is 12.4 Å². The molecule has 1 aliphatic heterocycles. The van der Waals surface area contributed by atoms with Crippen molar-refractivity contribution in [2.45, 2.75) is 32.1 Å². The molecular formula is C14H19ClN2O. The highest BCUT2D eigenvalue weighted by atomic mass is 35.5. The van der Waals surface area contributed by atoms with Gasteiger partial charge in [0.2, 0.25) is 5.91 Å². The zero-order chi connectivity index (χ0) is 11.7. The van der Waals surface area contributed by atoms with Gasteiger partial charge < -0.3 is 10.6 Å². The third kappa shape index (κ3) is 2.78. The fourth-order valence-electron chi connectivity index (χ4n) is 2.55. The number of hydrogen-bond acceptors (Lipinski definition) is 2. The molecule has 0 bridgehead atoms. The van der Waals surface area contributed by atoms with E-state index in [1.54, 1.807) is 0 Å². The first-order chi connectivity index (χ1) is 8.31. The van der Waals surface area contributed by atoms with Crippen LogP contribution in [-0.4, -0.2) is 12.5 Å². The SMILES string of the molecule is Cl.O=C(CC1CCC1)Nc1ccc2c(c1)CCN2. The number of rotatable bonds is 3. The van der Waals surface area contributed by atoms with Crippen LogP contribution in [0.25, 0.3) is 0 Å². The first-order valence-electron chi connectivity index (χ1n) is 6.48. The number of halogens is 1. The van der Waals surface area contributed by atoms with E-state index in [9.17, 15) is 4.79 Å². The topological polar surface area (TPSA) is 41.1 Å².